The number of sulfonamides is 1. The average Bonchev–Trinajstić information content (AvgIpc) is 2.30. The minimum Gasteiger partial charge on any atom is -0.325 e. The van der Waals surface area contributed by atoms with Gasteiger partial charge in [0.2, 0.25) is 15.9 Å². The Morgan fingerprint density at radius 1 is 1.26 bits per heavy atom. The van der Waals surface area contributed by atoms with Gasteiger partial charge in [-0.15, -0.1) is 0 Å². The first-order valence-electron chi connectivity index (χ1n) is 5.96. The van der Waals surface area contributed by atoms with Crippen molar-refractivity contribution in [1.29, 1.82) is 0 Å². The highest BCUT2D eigenvalue weighted by atomic mass is 32.2. The molecule has 1 aromatic carbocycles. The van der Waals surface area contributed by atoms with Crippen LogP contribution in [0, 0.1) is 0 Å². The molecule has 0 aliphatic carbocycles. The zero-order valence-electron chi connectivity index (χ0n) is 11.0. The van der Waals surface area contributed by atoms with E-state index in [9.17, 15) is 13.2 Å². The number of benzene rings is 1. The molecule has 1 rings (SSSR count). The summed E-state index contributed by atoms with van der Waals surface area (Å²) in [7, 11) is -3.29. The predicted octanol–water partition coefficient (Wildman–Crippen LogP) is 1.12. The topological polar surface area (TPSA) is 101 Å². The van der Waals surface area contributed by atoms with Gasteiger partial charge in [-0.1, -0.05) is 13.3 Å². The van der Waals surface area contributed by atoms with E-state index < -0.39 is 16.1 Å². The SMILES string of the molecule is CCC[C@@H](N)C(=O)Nc1ccc(NS(C)(=O)=O)cc1. The Kier molecular flexibility index (Phi) is 5.31. The van der Waals surface area contributed by atoms with Crippen LogP contribution >= 0.6 is 0 Å². The zero-order chi connectivity index (χ0) is 14.5. The van der Waals surface area contributed by atoms with Crippen molar-refractivity contribution in [1.82, 2.24) is 0 Å². The summed E-state index contributed by atoms with van der Waals surface area (Å²) >= 11 is 0. The first-order chi connectivity index (χ1) is 8.81. The molecule has 4 N–H and O–H groups in total. The van der Waals surface area contributed by atoms with Crippen molar-refractivity contribution >= 4 is 27.3 Å². The van der Waals surface area contributed by atoms with Gasteiger partial charge in [0.25, 0.3) is 0 Å². The minimum absolute atomic E-state index is 0.245. The summed E-state index contributed by atoms with van der Waals surface area (Å²) in [5.41, 5.74) is 6.71. The van der Waals surface area contributed by atoms with Crippen molar-refractivity contribution in [2.45, 2.75) is 25.8 Å². The number of carbonyl (C=O) groups is 1. The minimum atomic E-state index is -3.29. The van der Waals surface area contributed by atoms with Gasteiger partial charge in [0.1, 0.15) is 0 Å². The van der Waals surface area contributed by atoms with Crippen molar-refractivity contribution in [2.24, 2.45) is 5.73 Å². The normalized spacial score (nSPS) is 12.8. The molecule has 1 atom stereocenters. The highest BCUT2D eigenvalue weighted by Crippen LogP contribution is 2.14. The Morgan fingerprint density at radius 2 is 1.79 bits per heavy atom. The summed E-state index contributed by atoms with van der Waals surface area (Å²) in [6.45, 7) is 1.96. The number of amides is 1. The maximum absolute atomic E-state index is 11.7. The lowest BCUT2D eigenvalue weighted by Gasteiger charge is -2.11. The third-order valence-corrected chi connectivity index (χ3v) is 3.00. The van der Waals surface area contributed by atoms with Gasteiger partial charge in [-0.2, -0.15) is 0 Å². The fourth-order valence-corrected chi connectivity index (χ4v) is 2.08. The molecule has 0 aromatic heterocycles. The van der Waals surface area contributed by atoms with Crippen LogP contribution in [0.3, 0.4) is 0 Å². The van der Waals surface area contributed by atoms with E-state index in [0.29, 0.717) is 17.8 Å². The molecule has 6 nitrogen and oxygen atoms in total. The summed E-state index contributed by atoms with van der Waals surface area (Å²) in [5.74, 6) is -0.245. The maximum atomic E-state index is 11.7. The van der Waals surface area contributed by atoms with Gasteiger partial charge in [0, 0.05) is 11.4 Å². The van der Waals surface area contributed by atoms with E-state index in [1.54, 1.807) is 24.3 Å². The number of hydrogen-bond acceptors (Lipinski definition) is 4. The number of hydrogen-bond donors (Lipinski definition) is 3. The first kappa shape index (κ1) is 15.5. The molecule has 19 heavy (non-hydrogen) atoms. The zero-order valence-corrected chi connectivity index (χ0v) is 11.8. The van der Waals surface area contributed by atoms with Crippen LogP contribution in [0.5, 0.6) is 0 Å². The summed E-state index contributed by atoms with van der Waals surface area (Å²) < 4.78 is 24.4. The first-order valence-corrected chi connectivity index (χ1v) is 7.85. The Balaban J connectivity index is 2.64. The highest BCUT2D eigenvalue weighted by molar-refractivity contribution is 7.92. The van der Waals surface area contributed by atoms with E-state index in [1.807, 2.05) is 6.92 Å². The summed E-state index contributed by atoms with van der Waals surface area (Å²) in [6, 6.07) is 5.84. The fraction of sp³-hybridized carbons (Fsp3) is 0.417. The third kappa shape index (κ3) is 5.71. The Hall–Kier alpha value is -1.60. The van der Waals surface area contributed by atoms with Crippen LogP contribution < -0.4 is 15.8 Å². The van der Waals surface area contributed by atoms with Crippen LogP contribution in [-0.4, -0.2) is 26.6 Å². The van der Waals surface area contributed by atoms with Crippen molar-refractivity contribution < 1.29 is 13.2 Å². The van der Waals surface area contributed by atoms with Crippen LogP contribution in [0.1, 0.15) is 19.8 Å². The van der Waals surface area contributed by atoms with Gasteiger partial charge in [0.05, 0.1) is 12.3 Å². The van der Waals surface area contributed by atoms with Crippen LogP contribution in [0.4, 0.5) is 11.4 Å². The van der Waals surface area contributed by atoms with Gasteiger partial charge < -0.3 is 11.1 Å². The molecular formula is C12H19N3O3S. The third-order valence-electron chi connectivity index (χ3n) is 2.39. The highest BCUT2D eigenvalue weighted by Gasteiger charge is 2.12. The lowest BCUT2D eigenvalue weighted by Crippen LogP contribution is -2.35. The summed E-state index contributed by atoms with van der Waals surface area (Å²) in [4.78, 5) is 11.7. The van der Waals surface area contributed by atoms with Gasteiger partial charge in [-0.05, 0) is 30.7 Å². The maximum Gasteiger partial charge on any atom is 0.241 e. The summed E-state index contributed by atoms with van der Waals surface area (Å²) in [6.07, 6.45) is 2.54. The van der Waals surface area contributed by atoms with Gasteiger partial charge in [-0.25, -0.2) is 8.42 Å². The standard InChI is InChI=1S/C12H19N3O3S/c1-3-4-11(13)12(16)14-9-5-7-10(8-6-9)15-19(2,17)18/h5-8,11,15H,3-4,13H2,1-2H3,(H,14,16)/t11-/m1/s1. The molecule has 106 valence electrons. The molecule has 0 saturated heterocycles. The Morgan fingerprint density at radius 3 is 2.26 bits per heavy atom. The molecule has 1 amide bonds. The second-order valence-electron chi connectivity index (χ2n) is 4.34. The summed E-state index contributed by atoms with van der Waals surface area (Å²) in [5, 5.41) is 2.68. The molecule has 0 saturated carbocycles. The van der Waals surface area contributed by atoms with E-state index >= 15 is 0 Å². The molecule has 0 spiro atoms. The molecular weight excluding hydrogens is 266 g/mol. The Labute approximate surface area is 113 Å². The monoisotopic (exact) mass is 285 g/mol. The van der Waals surface area contributed by atoms with E-state index in [0.717, 1.165) is 12.7 Å². The van der Waals surface area contributed by atoms with Crippen LogP contribution in [0.25, 0.3) is 0 Å². The van der Waals surface area contributed by atoms with Gasteiger partial charge >= 0.3 is 0 Å². The molecule has 0 unspecified atom stereocenters. The quantitative estimate of drug-likeness (QED) is 0.729. The largest absolute Gasteiger partial charge is 0.325 e. The number of anilines is 2. The number of carbonyl (C=O) groups excluding carboxylic acids is 1. The number of rotatable bonds is 6. The molecule has 0 heterocycles. The van der Waals surface area contributed by atoms with Gasteiger partial charge in [-0.3, -0.25) is 9.52 Å². The van der Waals surface area contributed by atoms with Crippen LogP contribution in [0.15, 0.2) is 24.3 Å². The lowest BCUT2D eigenvalue weighted by molar-refractivity contribution is -0.117. The second kappa shape index (κ2) is 6.53. The predicted molar refractivity (Wildman–Crippen MR) is 76.4 cm³/mol. The Bertz CT molecular complexity index is 526. The van der Waals surface area contributed by atoms with Crippen molar-refractivity contribution in [3.63, 3.8) is 0 Å². The van der Waals surface area contributed by atoms with E-state index in [2.05, 4.69) is 10.0 Å². The molecule has 0 bridgehead atoms. The smallest absolute Gasteiger partial charge is 0.241 e. The molecule has 0 radical (unpaired) electrons. The van der Waals surface area contributed by atoms with Gasteiger partial charge in [0.15, 0.2) is 0 Å². The molecule has 1 aromatic rings. The number of nitrogens with one attached hydrogen (secondary N) is 2. The van der Waals surface area contributed by atoms with E-state index in [4.69, 9.17) is 5.73 Å². The van der Waals surface area contributed by atoms with E-state index in [1.165, 1.54) is 0 Å². The van der Waals surface area contributed by atoms with Crippen molar-refractivity contribution in [3.8, 4) is 0 Å². The van der Waals surface area contributed by atoms with E-state index in [-0.39, 0.29) is 5.91 Å². The number of nitrogens with two attached hydrogens (primary N) is 1. The van der Waals surface area contributed by atoms with Crippen LogP contribution in [0.2, 0.25) is 0 Å². The molecule has 0 aliphatic heterocycles. The molecule has 0 aliphatic rings. The molecule has 7 heteroatoms. The van der Waals surface area contributed by atoms with Crippen molar-refractivity contribution in [2.75, 3.05) is 16.3 Å². The van der Waals surface area contributed by atoms with Crippen molar-refractivity contribution in [3.05, 3.63) is 24.3 Å². The fourth-order valence-electron chi connectivity index (χ4n) is 1.51. The van der Waals surface area contributed by atoms with Crippen LogP contribution in [-0.2, 0) is 14.8 Å². The average molecular weight is 285 g/mol. The molecule has 0 fully saturated rings. The lowest BCUT2D eigenvalue weighted by atomic mass is 10.1. The second-order valence-corrected chi connectivity index (χ2v) is 6.08.